The summed E-state index contributed by atoms with van der Waals surface area (Å²) in [5.41, 5.74) is 2.28. The summed E-state index contributed by atoms with van der Waals surface area (Å²) in [5.74, 6) is 0. The van der Waals surface area contributed by atoms with E-state index in [0.717, 1.165) is 18.8 Å². The van der Waals surface area contributed by atoms with Crippen molar-refractivity contribution < 1.29 is 9.84 Å². The maximum atomic E-state index is 10.3. The summed E-state index contributed by atoms with van der Waals surface area (Å²) in [6.45, 7) is 7.74. The Balaban J connectivity index is 1.45. The number of β-amino-alcohol motifs (C(OH)–C–C–N with tert-alkyl or cyclic N) is 1. The second-order valence-corrected chi connectivity index (χ2v) is 7.68. The summed E-state index contributed by atoms with van der Waals surface area (Å²) >= 11 is 1.69. The van der Waals surface area contributed by atoms with Gasteiger partial charge in [0.15, 0.2) is 0 Å². The fraction of sp³-hybridized carbons (Fsp3) is 0.611. The predicted octanol–water partition coefficient (Wildman–Crippen LogP) is 2.60. The fourth-order valence-electron chi connectivity index (χ4n) is 3.42. The molecule has 5 nitrogen and oxygen atoms in total. The average Bonchev–Trinajstić information content (AvgIpc) is 3.24. The van der Waals surface area contributed by atoms with Crippen LogP contribution >= 0.6 is 11.3 Å². The molecule has 3 heterocycles. The van der Waals surface area contributed by atoms with Gasteiger partial charge >= 0.3 is 0 Å². The Hall–Kier alpha value is -1.21. The maximum absolute atomic E-state index is 10.3. The van der Waals surface area contributed by atoms with Gasteiger partial charge in [0.25, 0.3) is 0 Å². The van der Waals surface area contributed by atoms with Crippen LogP contribution in [0.2, 0.25) is 0 Å². The van der Waals surface area contributed by atoms with Gasteiger partial charge in [-0.25, -0.2) is 0 Å². The molecule has 1 fully saturated rings. The van der Waals surface area contributed by atoms with Crippen LogP contribution in [-0.2, 0) is 17.9 Å². The normalized spacial score (nSPS) is 19.9. The molecule has 0 aliphatic carbocycles. The molecule has 2 aromatic heterocycles. The number of rotatable bonds is 8. The van der Waals surface area contributed by atoms with E-state index >= 15 is 0 Å². The molecule has 1 saturated heterocycles. The third-order valence-corrected chi connectivity index (χ3v) is 5.42. The van der Waals surface area contributed by atoms with Gasteiger partial charge in [-0.05, 0) is 50.7 Å². The molecule has 0 spiro atoms. The van der Waals surface area contributed by atoms with Crippen LogP contribution in [0.1, 0.15) is 29.1 Å². The lowest BCUT2D eigenvalue weighted by molar-refractivity contribution is 0.00737. The summed E-state index contributed by atoms with van der Waals surface area (Å²) in [7, 11) is 0. The highest BCUT2D eigenvalue weighted by molar-refractivity contribution is 7.09. The van der Waals surface area contributed by atoms with Crippen molar-refractivity contribution in [2.24, 2.45) is 0 Å². The second kappa shape index (κ2) is 8.25. The zero-order valence-electron chi connectivity index (χ0n) is 14.5. The molecule has 1 aliphatic rings. The number of thiophene rings is 1. The molecule has 2 atom stereocenters. The smallest absolute Gasteiger partial charge is 0.0900 e. The van der Waals surface area contributed by atoms with Crippen molar-refractivity contribution in [3.8, 4) is 0 Å². The molecule has 3 rings (SSSR count). The van der Waals surface area contributed by atoms with E-state index in [1.165, 1.54) is 23.4 Å². The number of likely N-dealkylation sites (tertiary alicyclic amines) is 1. The lowest BCUT2D eigenvalue weighted by Gasteiger charge is -2.27. The van der Waals surface area contributed by atoms with Crippen molar-refractivity contribution in [1.82, 2.24) is 14.7 Å². The minimum Gasteiger partial charge on any atom is -0.389 e. The Morgan fingerprint density at radius 2 is 2.33 bits per heavy atom. The van der Waals surface area contributed by atoms with E-state index in [-0.39, 0.29) is 0 Å². The largest absolute Gasteiger partial charge is 0.389 e. The SMILES string of the molecule is Cc1cc(C)n(C[C@@H]2CCCN2C[C@@H](O)COCc2cccs2)n1. The van der Waals surface area contributed by atoms with Gasteiger partial charge < -0.3 is 9.84 Å². The lowest BCUT2D eigenvalue weighted by atomic mass is 10.2. The number of hydrogen-bond acceptors (Lipinski definition) is 5. The summed E-state index contributed by atoms with van der Waals surface area (Å²) in [6, 6.07) is 6.65. The topological polar surface area (TPSA) is 50.5 Å². The van der Waals surface area contributed by atoms with E-state index < -0.39 is 6.10 Å². The van der Waals surface area contributed by atoms with Crippen LogP contribution in [0.3, 0.4) is 0 Å². The Bertz CT molecular complexity index is 626. The number of nitrogens with zero attached hydrogens (tertiary/aromatic N) is 3. The number of aryl methyl sites for hydroxylation is 2. The minimum atomic E-state index is -0.439. The Morgan fingerprint density at radius 1 is 1.46 bits per heavy atom. The molecule has 0 amide bonds. The van der Waals surface area contributed by atoms with Gasteiger partial charge in [-0.2, -0.15) is 5.10 Å². The van der Waals surface area contributed by atoms with Gasteiger partial charge in [0.2, 0.25) is 0 Å². The van der Waals surface area contributed by atoms with Crippen LogP contribution in [0.15, 0.2) is 23.6 Å². The van der Waals surface area contributed by atoms with Gasteiger partial charge in [0.1, 0.15) is 0 Å². The predicted molar refractivity (Wildman–Crippen MR) is 96.3 cm³/mol. The van der Waals surface area contributed by atoms with Crippen molar-refractivity contribution in [3.05, 3.63) is 39.8 Å². The van der Waals surface area contributed by atoms with Crippen LogP contribution in [0.5, 0.6) is 0 Å². The quantitative estimate of drug-likeness (QED) is 0.796. The first-order chi connectivity index (χ1) is 11.6. The van der Waals surface area contributed by atoms with E-state index in [9.17, 15) is 5.11 Å². The first-order valence-electron chi connectivity index (χ1n) is 8.65. The third kappa shape index (κ3) is 4.66. The van der Waals surface area contributed by atoms with Crippen LogP contribution in [-0.4, -0.2) is 51.6 Å². The molecule has 0 bridgehead atoms. The van der Waals surface area contributed by atoms with Gasteiger partial charge in [-0.3, -0.25) is 9.58 Å². The third-order valence-electron chi connectivity index (χ3n) is 4.57. The van der Waals surface area contributed by atoms with Crippen molar-refractivity contribution in [2.45, 2.75) is 52.0 Å². The minimum absolute atomic E-state index is 0.390. The standard InChI is InChI=1S/C18H27N3O2S/c1-14-9-15(2)21(19-14)10-16-5-3-7-20(16)11-17(22)12-23-13-18-6-4-8-24-18/h4,6,8-9,16-17,22H,3,5,7,10-13H2,1-2H3/t16-,17+/m0/s1. The molecule has 0 aromatic carbocycles. The fourth-order valence-corrected chi connectivity index (χ4v) is 4.06. The number of aromatic nitrogens is 2. The number of ether oxygens (including phenoxy) is 1. The van der Waals surface area contributed by atoms with Crippen molar-refractivity contribution in [2.75, 3.05) is 19.7 Å². The van der Waals surface area contributed by atoms with Crippen LogP contribution < -0.4 is 0 Å². The molecule has 0 radical (unpaired) electrons. The second-order valence-electron chi connectivity index (χ2n) is 6.65. The molecule has 1 N–H and O–H groups in total. The van der Waals surface area contributed by atoms with E-state index in [2.05, 4.69) is 33.7 Å². The van der Waals surface area contributed by atoms with Crippen LogP contribution in [0.25, 0.3) is 0 Å². The van der Waals surface area contributed by atoms with Crippen molar-refractivity contribution >= 4 is 11.3 Å². The highest BCUT2D eigenvalue weighted by Crippen LogP contribution is 2.20. The van der Waals surface area contributed by atoms with Gasteiger partial charge in [0.05, 0.1) is 31.6 Å². The van der Waals surface area contributed by atoms with E-state index in [4.69, 9.17) is 4.74 Å². The molecule has 132 valence electrons. The number of aliphatic hydroxyl groups is 1. The molecule has 0 unspecified atom stereocenters. The molecule has 0 saturated carbocycles. The summed E-state index contributed by atoms with van der Waals surface area (Å²) < 4.78 is 7.74. The first kappa shape index (κ1) is 17.6. The van der Waals surface area contributed by atoms with E-state index in [0.29, 0.717) is 25.8 Å². The molecule has 6 heteroatoms. The molecule has 24 heavy (non-hydrogen) atoms. The van der Waals surface area contributed by atoms with E-state index in [1.54, 1.807) is 11.3 Å². The lowest BCUT2D eigenvalue weighted by Crippen LogP contribution is -2.40. The number of hydrogen-bond donors (Lipinski definition) is 1. The molecule has 2 aromatic rings. The Morgan fingerprint density at radius 3 is 3.04 bits per heavy atom. The molecule has 1 aliphatic heterocycles. The zero-order chi connectivity index (χ0) is 16.9. The molecular weight excluding hydrogens is 322 g/mol. The van der Waals surface area contributed by atoms with Gasteiger partial charge in [-0.1, -0.05) is 6.07 Å². The zero-order valence-corrected chi connectivity index (χ0v) is 15.3. The van der Waals surface area contributed by atoms with Crippen LogP contribution in [0, 0.1) is 13.8 Å². The summed E-state index contributed by atoms with van der Waals surface area (Å²) in [5, 5.41) is 16.9. The summed E-state index contributed by atoms with van der Waals surface area (Å²) in [4.78, 5) is 3.58. The summed E-state index contributed by atoms with van der Waals surface area (Å²) in [6.07, 6.45) is 1.92. The van der Waals surface area contributed by atoms with Gasteiger partial charge in [-0.15, -0.1) is 11.3 Å². The maximum Gasteiger partial charge on any atom is 0.0900 e. The highest BCUT2D eigenvalue weighted by atomic mass is 32.1. The monoisotopic (exact) mass is 349 g/mol. The van der Waals surface area contributed by atoms with Gasteiger partial charge in [0, 0.05) is 23.2 Å². The Labute approximate surface area is 147 Å². The average molecular weight is 350 g/mol. The van der Waals surface area contributed by atoms with Crippen molar-refractivity contribution in [1.29, 1.82) is 0 Å². The van der Waals surface area contributed by atoms with E-state index in [1.807, 2.05) is 18.4 Å². The molecular formula is C18H27N3O2S. The van der Waals surface area contributed by atoms with Crippen LogP contribution in [0.4, 0.5) is 0 Å². The highest BCUT2D eigenvalue weighted by Gasteiger charge is 2.27. The Kier molecular flexibility index (Phi) is 6.05. The number of aliphatic hydroxyl groups excluding tert-OH is 1. The first-order valence-corrected chi connectivity index (χ1v) is 9.53. The van der Waals surface area contributed by atoms with Crippen molar-refractivity contribution in [3.63, 3.8) is 0 Å².